The van der Waals surface area contributed by atoms with E-state index in [-0.39, 0.29) is 11.2 Å². The molecule has 0 amide bonds. The number of hydrogen-bond acceptors (Lipinski definition) is 2. The Bertz CT molecular complexity index is 346. The quantitative estimate of drug-likeness (QED) is 0.841. The minimum absolute atomic E-state index is 0.178. The van der Waals surface area contributed by atoms with Crippen molar-refractivity contribution < 1.29 is 4.79 Å². The number of Topliss-reactive ketones (excluding diaryl/α,β-unsaturated/α-hetero) is 1. The number of rotatable bonds is 4. The second-order valence-electron chi connectivity index (χ2n) is 5.07. The van der Waals surface area contributed by atoms with Crippen LogP contribution in [0, 0.1) is 0 Å². The molecule has 0 aromatic heterocycles. The Labute approximate surface area is 98.1 Å². The molecule has 2 nitrogen and oxygen atoms in total. The van der Waals surface area contributed by atoms with E-state index in [9.17, 15) is 4.79 Å². The van der Waals surface area contributed by atoms with Gasteiger partial charge >= 0.3 is 0 Å². The van der Waals surface area contributed by atoms with Gasteiger partial charge in [0.25, 0.3) is 0 Å². The molecule has 1 aromatic rings. The van der Waals surface area contributed by atoms with Crippen LogP contribution in [-0.4, -0.2) is 12.3 Å². The summed E-state index contributed by atoms with van der Waals surface area (Å²) in [5.41, 5.74) is 2.49. The van der Waals surface area contributed by atoms with Crippen molar-refractivity contribution in [1.29, 1.82) is 0 Å². The maximum atomic E-state index is 11.1. The third kappa shape index (κ3) is 3.69. The SMILES string of the molecule is CCC(=O)CNc1ccc(C(C)(C)C)cc1. The largest absolute Gasteiger partial charge is 0.378 e. The molecule has 0 saturated heterocycles. The molecule has 0 heterocycles. The summed E-state index contributed by atoms with van der Waals surface area (Å²) in [6.45, 7) is 8.88. The molecule has 0 aliphatic rings. The van der Waals surface area contributed by atoms with Crippen LogP contribution in [0.5, 0.6) is 0 Å². The fraction of sp³-hybridized carbons (Fsp3) is 0.500. The van der Waals surface area contributed by atoms with E-state index in [2.05, 4.69) is 38.2 Å². The Hall–Kier alpha value is -1.31. The van der Waals surface area contributed by atoms with Crippen LogP contribution in [-0.2, 0) is 10.2 Å². The molecule has 0 fully saturated rings. The summed E-state index contributed by atoms with van der Waals surface area (Å²) in [7, 11) is 0. The van der Waals surface area contributed by atoms with E-state index in [1.807, 2.05) is 19.1 Å². The van der Waals surface area contributed by atoms with E-state index in [0.717, 1.165) is 5.69 Å². The lowest BCUT2D eigenvalue weighted by atomic mass is 9.87. The maximum Gasteiger partial charge on any atom is 0.151 e. The fourth-order valence-corrected chi connectivity index (χ4v) is 1.41. The van der Waals surface area contributed by atoms with Gasteiger partial charge in [0.15, 0.2) is 5.78 Å². The average Bonchev–Trinajstić information content (AvgIpc) is 2.25. The van der Waals surface area contributed by atoms with Crippen LogP contribution in [0.4, 0.5) is 5.69 Å². The summed E-state index contributed by atoms with van der Waals surface area (Å²) in [6.07, 6.45) is 0.590. The van der Waals surface area contributed by atoms with Crippen molar-refractivity contribution in [3.8, 4) is 0 Å². The van der Waals surface area contributed by atoms with Gasteiger partial charge in [-0.2, -0.15) is 0 Å². The molecule has 0 aliphatic heterocycles. The second-order valence-corrected chi connectivity index (χ2v) is 5.07. The summed E-state index contributed by atoms with van der Waals surface area (Å²) in [4.78, 5) is 11.1. The lowest BCUT2D eigenvalue weighted by Gasteiger charge is -2.19. The summed E-state index contributed by atoms with van der Waals surface area (Å²) in [6, 6.07) is 8.28. The highest BCUT2D eigenvalue weighted by Crippen LogP contribution is 2.23. The number of nitrogens with one attached hydrogen (secondary N) is 1. The molecule has 1 N–H and O–H groups in total. The molecule has 0 unspecified atom stereocenters. The first-order valence-electron chi connectivity index (χ1n) is 5.79. The van der Waals surface area contributed by atoms with E-state index in [4.69, 9.17) is 0 Å². The number of carbonyl (C=O) groups is 1. The molecule has 1 aromatic carbocycles. The van der Waals surface area contributed by atoms with E-state index in [0.29, 0.717) is 13.0 Å². The van der Waals surface area contributed by atoms with Crippen molar-refractivity contribution in [1.82, 2.24) is 0 Å². The van der Waals surface area contributed by atoms with Crippen LogP contribution in [0.1, 0.15) is 39.7 Å². The molecule has 16 heavy (non-hydrogen) atoms. The molecular weight excluding hydrogens is 198 g/mol. The third-order valence-electron chi connectivity index (χ3n) is 2.63. The lowest BCUT2D eigenvalue weighted by molar-refractivity contribution is -0.117. The fourth-order valence-electron chi connectivity index (χ4n) is 1.41. The normalized spacial score (nSPS) is 11.2. The van der Waals surface area contributed by atoms with Crippen molar-refractivity contribution in [3.63, 3.8) is 0 Å². The summed E-state index contributed by atoms with van der Waals surface area (Å²) < 4.78 is 0. The number of hydrogen-bond donors (Lipinski definition) is 1. The first-order valence-corrected chi connectivity index (χ1v) is 5.79. The van der Waals surface area contributed by atoms with Crippen LogP contribution >= 0.6 is 0 Å². The van der Waals surface area contributed by atoms with E-state index in [1.165, 1.54) is 5.56 Å². The van der Waals surface area contributed by atoms with Crippen LogP contribution < -0.4 is 5.32 Å². The minimum atomic E-state index is 0.178. The van der Waals surface area contributed by atoms with Crippen LogP contribution in [0.15, 0.2) is 24.3 Å². The average molecular weight is 219 g/mol. The van der Waals surface area contributed by atoms with Crippen molar-refractivity contribution in [2.75, 3.05) is 11.9 Å². The van der Waals surface area contributed by atoms with Gasteiger partial charge in [0.2, 0.25) is 0 Å². The highest BCUT2D eigenvalue weighted by Gasteiger charge is 2.12. The Kier molecular flexibility index (Phi) is 4.11. The number of carbonyl (C=O) groups excluding carboxylic acids is 1. The number of ketones is 1. The zero-order valence-electron chi connectivity index (χ0n) is 10.6. The minimum Gasteiger partial charge on any atom is -0.378 e. The summed E-state index contributed by atoms with van der Waals surface area (Å²) >= 11 is 0. The van der Waals surface area contributed by atoms with Gasteiger partial charge in [-0.1, -0.05) is 39.8 Å². The van der Waals surface area contributed by atoms with Gasteiger partial charge in [-0.3, -0.25) is 4.79 Å². The van der Waals surface area contributed by atoms with Gasteiger partial charge in [-0.15, -0.1) is 0 Å². The van der Waals surface area contributed by atoms with Crippen molar-refractivity contribution in [3.05, 3.63) is 29.8 Å². The Balaban J connectivity index is 2.62. The third-order valence-corrected chi connectivity index (χ3v) is 2.63. The van der Waals surface area contributed by atoms with E-state index < -0.39 is 0 Å². The van der Waals surface area contributed by atoms with Crippen LogP contribution in [0.2, 0.25) is 0 Å². The maximum absolute atomic E-state index is 11.1. The Morgan fingerprint density at radius 2 is 1.75 bits per heavy atom. The first kappa shape index (κ1) is 12.8. The van der Waals surface area contributed by atoms with Gasteiger partial charge in [0, 0.05) is 12.1 Å². The first-order chi connectivity index (χ1) is 7.43. The van der Waals surface area contributed by atoms with Gasteiger partial charge in [-0.05, 0) is 23.1 Å². The van der Waals surface area contributed by atoms with Crippen molar-refractivity contribution >= 4 is 11.5 Å². The molecule has 0 aliphatic carbocycles. The second kappa shape index (κ2) is 5.15. The molecule has 88 valence electrons. The summed E-state index contributed by atoms with van der Waals surface area (Å²) in [5, 5.41) is 3.12. The Morgan fingerprint density at radius 3 is 2.19 bits per heavy atom. The molecular formula is C14H21NO. The molecule has 1 rings (SSSR count). The topological polar surface area (TPSA) is 29.1 Å². The predicted molar refractivity (Wildman–Crippen MR) is 68.9 cm³/mol. The molecule has 0 bridgehead atoms. The zero-order valence-corrected chi connectivity index (χ0v) is 10.6. The molecule has 0 radical (unpaired) electrons. The van der Waals surface area contributed by atoms with Crippen molar-refractivity contribution in [2.45, 2.75) is 39.5 Å². The van der Waals surface area contributed by atoms with E-state index in [1.54, 1.807) is 0 Å². The molecule has 0 saturated carbocycles. The molecule has 2 heteroatoms. The Morgan fingerprint density at radius 1 is 1.19 bits per heavy atom. The smallest absolute Gasteiger partial charge is 0.151 e. The highest BCUT2D eigenvalue weighted by atomic mass is 16.1. The van der Waals surface area contributed by atoms with Gasteiger partial charge in [-0.25, -0.2) is 0 Å². The zero-order chi connectivity index (χ0) is 12.2. The van der Waals surface area contributed by atoms with Crippen LogP contribution in [0.3, 0.4) is 0 Å². The van der Waals surface area contributed by atoms with E-state index >= 15 is 0 Å². The molecule has 0 spiro atoms. The molecule has 0 atom stereocenters. The standard InChI is InChI=1S/C14H21NO/c1-5-13(16)10-15-12-8-6-11(7-9-12)14(2,3)4/h6-9,15H,5,10H2,1-4H3. The number of anilines is 1. The van der Waals surface area contributed by atoms with Crippen molar-refractivity contribution in [2.24, 2.45) is 0 Å². The van der Waals surface area contributed by atoms with Gasteiger partial charge in [0.05, 0.1) is 6.54 Å². The van der Waals surface area contributed by atoms with Gasteiger partial charge in [0.1, 0.15) is 0 Å². The monoisotopic (exact) mass is 219 g/mol. The lowest BCUT2D eigenvalue weighted by Crippen LogP contribution is -2.13. The summed E-state index contributed by atoms with van der Waals surface area (Å²) in [5.74, 6) is 0.236. The van der Waals surface area contributed by atoms with Crippen LogP contribution in [0.25, 0.3) is 0 Å². The number of benzene rings is 1. The van der Waals surface area contributed by atoms with Gasteiger partial charge < -0.3 is 5.32 Å². The predicted octanol–water partition coefficient (Wildman–Crippen LogP) is 3.38. The highest BCUT2D eigenvalue weighted by molar-refractivity contribution is 5.82.